The van der Waals surface area contributed by atoms with Crippen molar-refractivity contribution in [2.75, 3.05) is 16.6 Å². The van der Waals surface area contributed by atoms with Crippen LogP contribution in [0.2, 0.25) is 0 Å². The van der Waals surface area contributed by atoms with Crippen molar-refractivity contribution in [1.29, 1.82) is 0 Å². The zero-order valence-corrected chi connectivity index (χ0v) is 17.0. The third kappa shape index (κ3) is 5.14. The molecule has 2 N–H and O–H groups in total. The highest BCUT2D eigenvalue weighted by Gasteiger charge is 2.17. The van der Waals surface area contributed by atoms with E-state index in [9.17, 15) is 13.2 Å². The standard InChI is InChI=1S/C22H22N2O4S/c1-3-28-19-13-11-18(12-14-19)23-22(25)17-8-6-9-20(15-17)29(26,27)24-21-10-5-4-7-16(21)2/h4-15,24H,3H2,1-2H3,(H,23,25). The van der Waals surface area contributed by atoms with E-state index in [1.54, 1.807) is 48.5 Å². The van der Waals surface area contributed by atoms with Gasteiger partial charge >= 0.3 is 0 Å². The maximum atomic E-state index is 12.7. The van der Waals surface area contributed by atoms with E-state index in [4.69, 9.17) is 4.74 Å². The molecule has 7 heteroatoms. The van der Waals surface area contributed by atoms with Gasteiger partial charge in [-0.05, 0) is 67.9 Å². The fourth-order valence-electron chi connectivity index (χ4n) is 2.70. The summed E-state index contributed by atoms with van der Waals surface area (Å²) in [5.41, 5.74) is 2.13. The molecular weight excluding hydrogens is 388 g/mol. The lowest BCUT2D eigenvalue weighted by atomic mass is 10.2. The third-order valence-electron chi connectivity index (χ3n) is 4.22. The molecule has 0 fully saturated rings. The Kier molecular flexibility index (Phi) is 6.19. The molecule has 0 spiro atoms. The molecule has 150 valence electrons. The highest BCUT2D eigenvalue weighted by Crippen LogP contribution is 2.21. The molecule has 0 atom stereocenters. The first-order chi connectivity index (χ1) is 13.9. The number of hydrogen-bond donors (Lipinski definition) is 2. The van der Waals surface area contributed by atoms with Gasteiger partial charge in [-0.15, -0.1) is 0 Å². The second kappa shape index (κ2) is 8.79. The molecule has 0 bridgehead atoms. The van der Waals surface area contributed by atoms with E-state index in [-0.39, 0.29) is 10.5 Å². The number of anilines is 2. The van der Waals surface area contributed by atoms with E-state index >= 15 is 0 Å². The summed E-state index contributed by atoms with van der Waals surface area (Å²) in [6.07, 6.45) is 0. The summed E-state index contributed by atoms with van der Waals surface area (Å²) in [7, 11) is -3.82. The normalized spacial score (nSPS) is 11.0. The van der Waals surface area contributed by atoms with Crippen LogP contribution in [0.15, 0.2) is 77.7 Å². The van der Waals surface area contributed by atoms with Crippen molar-refractivity contribution in [2.24, 2.45) is 0 Å². The van der Waals surface area contributed by atoms with Gasteiger partial charge in [0.2, 0.25) is 0 Å². The minimum Gasteiger partial charge on any atom is -0.494 e. The van der Waals surface area contributed by atoms with Crippen LogP contribution >= 0.6 is 0 Å². The highest BCUT2D eigenvalue weighted by atomic mass is 32.2. The molecule has 0 saturated heterocycles. The van der Waals surface area contributed by atoms with E-state index < -0.39 is 15.9 Å². The molecule has 0 saturated carbocycles. The fourth-order valence-corrected chi connectivity index (χ4v) is 3.88. The van der Waals surface area contributed by atoms with Crippen molar-refractivity contribution in [1.82, 2.24) is 0 Å². The summed E-state index contributed by atoms with van der Waals surface area (Å²) in [6.45, 7) is 4.27. The van der Waals surface area contributed by atoms with Gasteiger partial charge < -0.3 is 10.1 Å². The van der Waals surface area contributed by atoms with Crippen LogP contribution in [0.25, 0.3) is 0 Å². The Balaban J connectivity index is 1.77. The van der Waals surface area contributed by atoms with Gasteiger partial charge in [0, 0.05) is 11.3 Å². The molecule has 3 aromatic rings. The number of ether oxygens (including phenoxy) is 1. The number of sulfonamides is 1. The second-order valence-corrected chi connectivity index (χ2v) is 8.04. The van der Waals surface area contributed by atoms with Gasteiger partial charge in [-0.2, -0.15) is 0 Å². The molecule has 0 aromatic heterocycles. The summed E-state index contributed by atoms with van der Waals surface area (Å²) in [6, 6.07) is 20.0. The molecule has 3 aromatic carbocycles. The summed E-state index contributed by atoms with van der Waals surface area (Å²) in [4.78, 5) is 12.6. The molecule has 0 aliphatic carbocycles. The van der Waals surface area contributed by atoms with Gasteiger partial charge in [0.25, 0.3) is 15.9 Å². The Hall–Kier alpha value is -3.32. The Morgan fingerprint density at radius 3 is 2.38 bits per heavy atom. The van der Waals surface area contributed by atoms with Crippen LogP contribution in [0.5, 0.6) is 5.75 Å². The van der Waals surface area contributed by atoms with Crippen LogP contribution in [0.4, 0.5) is 11.4 Å². The van der Waals surface area contributed by atoms with Gasteiger partial charge in [0.05, 0.1) is 17.2 Å². The Morgan fingerprint density at radius 1 is 0.966 bits per heavy atom. The lowest BCUT2D eigenvalue weighted by molar-refractivity contribution is 0.102. The first-order valence-electron chi connectivity index (χ1n) is 9.12. The number of para-hydroxylation sites is 1. The van der Waals surface area contributed by atoms with Crippen LogP contribution in [0.3, 0.4) is 0 Å². The molecule has 0 aliphatic heterocycles. The van der Waals surface area contributed by atoms with Gasteiger partial charge in [0.1, 0.15) is 5.75 Å². The molecule has 0 aliphatic rings. The van der Waals surface area contributed by atoms with Gasteiger partial charge in [-0.25, -0.2) is 8.42 Å². The lowest BCUT2D eigenvalue weighted by Gasteiger charge is -2.11. The molecule has 0 heterocycles. The summed E-state index contributed by atoms with van der Waals surface area (Å²) >= 11 is 0. The average molecular weight is 410 g/mol. The molecule has 0 unspecified atom stereocenters. The molecule has 29 heavy (non-hydrogen) atoms. The summed E-state index contributed by atoms with van der Waals surface area (Å²) in [5, 5.41) is 2.76. The maximum absolute atomic E-state index is 12.7. The number of hydrogen-bond acceptors (Lipinski definition) is 4. The van der Waals surface area contributed by atoms with Crippen molar-refractivity contribution >= 4 is 27.3 Å². The minimum atomic E-state index is -3.82. The number of rotatable bonds is 7. The largest absolute Gasteiger partial charge is 0.494 e. The molecular formula is C22H22N2O4S. The Morgan fingerprint density at radius 2 is 1.69 bits per heavy atom. The first-order valence-corrected chi connectivity index (χ1v) is 10.6. The van der Waals surface area contributed by atoms with Gasteiger partial charge in [-0.1, -0.05) is 24.3 Å². The molecule has 6 nitrogen and oxygen atoms in total. The first kappa shape index (κ1) is 20.4. The Labute approximate surface area is 170 Å². The minimum absolute atomic E-state index is 0.0140. The second-order valence-electron chi connectivity index (χ2n) is 6.36. The van der Waals surface area contributed by atoms with Crippen LogP contribution in [0.1, 0.15) is 22.8 Å². The third-order valence-corrected chi connectivity index (χ3v) is 5.58. The van der Waals surface area contributed by atoms with Gasteiger partial charge in [-0.3, -0.25) is 9.52 Å². The summed E-state index contributed by atoms with van der Waals surface area (Å²) < 4.78 is 33.4. The van der Waals surface area contributed by atoms with Crippen molar-refractivity contribution in [3.63, 3.8) is 0 Å². The van der Waals surface area contributed by atoms with E-state index in [0.717, 1.165) is 5.56 Å². The SMILES string of the molecule is CCOc1ccc(NC(=O)c2cccc(S(=O)(=O)Nc3ccccc3C)c2)cc1. The quantitative estimate of drug-likeness (QED) is 0.603. The van der Waals surface area contributed by atoms with Crippen LogP contribution in [-0.4, -0.2) is 20.9 Å². The predicted octanol–water partition coefficient (Wildman–Crippen LogP) is 4.45. The van der Waals surface area contributed by atoms with Crippen molar-refractivity contribution in [3.05, 3.63) is 83.9 Å². The van der Waals surface area contributed by atoms with E-state index in [0.29, 0.717) is 23.7 Å². The van der Waals surface area contributed by atoms with Crippen molar-refractivity contribution < 1.29 is 17.9 Å². The number of carbonyl (C=O) groups is 1. The Bertz CT molecular complexity index is 1110. The predicted molar refractivity (Wildman–Crippen MR) is 114 cm³/mol. The van der Waals surface area contributed by atoms with E-state index in [1.807, 2.05) is 26.0 Å². The van der Waals surface area contributed by atoms with E-state index in [1.165, 1.54) is 12.1 Å². The van der Waals surface area contributed by atoms with Crippen molar-refractivity contribution in [3.8, 4) is 5.75 Å². The fraction of sp³-hybridized carbons (Fsp3) is 0.136. The monoisotopic (exact) mass is 410 g/mol. The molecule has 0 radical (unpaired) electrons. The van der Waals surface area contributed by atoms with Crippen LogP contribution in [0, 0.1) is 6.92 Å². The summed E-state index contributed by atoms with van der Waals surface area (Å²) in [5.74, 6) is 0.308. The van der Waals surface area contributed by atoms with Gasteiger partial charge in [0.15, 0.2) is 0 Å². The highest BCUT2D eigenvalue weighted by molar-refractivity contribution is 7.92. The number of benzene rings is 3. The number of amides is 1. The van der Waals surface area contributed by atoms with E-state index in [2.05, 4.69) is 10.0 Å². The molecule has 3 rings (SSSR count). The number of nitrogens with one attached hydrogen (secondary N) is 2. The number of carbonyl (C=O) groups excluding carboxylic acids is 1. The van der Waals surface area contributed by atoms with Crippen LogP contribution in [-0.2, 0) is 10.0 Å². The topological polar surface area (TPSA) is 84.5 Å². The number of aryl methyl sites for hydroxylation is 1. The zero-order valence-electron chi connectivity index (χ0n) is 16.2. The van der Waals surface area contributed by atoms with Crippen LogP contribution < -0.4 is 14.8 Å². The smallest absolute Gasteiger partial charge is 0.261 e. The maximum Gasteiger partial charge on any atom is 0.261 e. The molecule has 1 amide bonds. The average Bonchev–Trinajstić information content (AvgIpc) is 2.71. The van der Waals surface area contributed by atoms with Crippen molar-refractivity contribution in [2.45, 2.75) is 18.7 Å². The lowest BCUT2D eigenvalue weighted by Crippen LogP contribution is -2.16. The zero-order chi connectivity index (χ0) is 20.9.